The maximum Gasteiger partial charge on any atom is 0.239 e. The summed E-state index contributed by atoms with van der Waals surface area (Å²) in [6, 6.07) is -0.379. The number of nitrogens with zero attached hydrogens (tertiary/aromatic N) is 2. The standard InChI is InChI=1S/C15H33N3O/c1-7-17(8-2)9-10-18(11-12(3)4)15(19)14(16)13(5)6/h12-14H,7-11,16H2,1-6H3. The SMILES string of the molecule is CCN(CC)CCN(CC(C)C)C(=O)C(N)C(C)C. The molecule has 0 rings (SSSR count). The van der Waals surface area contributed by atoms with Crippen molar-refractivity contribution in [1.29, 1.82) is 0 Å². The first kappa shape index (κ1) is 18.4. The monoisotopic (exact) mass is 271 g/mol. The lowest BCUT2D eigenvalue weighted by molar-refractivity contribution is -0.134. The average molecular weight is 271 g/mol. The van der Waals surface area contributed by atoms with E-state index < -0.39 is 0 Å². The second-order valence-electron chi connectivity index (χ2n) is 5.97. The second kappa shape index (κ2) is 9.32. The van der Waals surface area contributed by atoms with Gasteiger partial charge in [0.25, 0.3) is 0 Å². The zero-order valence-corrected chi connectivity index (χ0v) is 13.6. The zero-order valence-electron chi connectivity index (χ0n) is 13.6. The van der Waals surface area contributed by atoms with E-state index in [0.29, 0.717) is 5.92 Å². The maximum atomic E-state index is 12.4. The van der Waals surface area contributed by atoms with E-state index in [2.05, 4.69) is 32.6 Å². The van der Waals surface area contributed by atoms with Crippen molar-refractivity contribution in [3.63, 3.8) is 0 Å². The highest BCUT2D eigenvalue weighted by Crippen LogP contribution is 2.07. The van der Waals surface area contributed by atoms with E-state index in [9.17, 15) is 4.79 Å². The zero-order chi connectivity index (χ0) is 15.0. The van der Waals surface area contributed by atoms with Gasteiger partial charge in [-0.2, -0.15) is 0 Å². The molecule has 0 saturated heterocycles. The van der Waals surface area contributed by atoms with Crippen LogP contribution in [0.15, 0.2) is 0 Å². The van der Waals surface area contributed by atoms with Crippen molar-refractivity contribution < 1.29 is 4.79 Å². The third-order valence-corrected chi connectivity index (χ3v) is 3.48. The molecule has 1 atom stereocenters. The fraction of sp³-hybridized carbons (Fsp3) is 0.933. The Kier molecular flexibility index (Phi) is 9.02. The number of carbonyl (C=O) groups is 1. The first-order valence-electron chi connectivity index (χ1n) is 7.60. The van der Waals surface area contributed by atoms with E-state index in [-0.39, 0.29) is 17.9 Å². The van der Waals surface area contributed by atoms with Crippen molar-refractivity contribution in [3.05, 3.63) is 0 Å². The Morgan fingerprint density at radius 1 is 1.05 bits per heavy atom. The lowest BCUT2D eigenvalue weighted by Crippen LogP contribution is -2.49. The summed E-state index contributed by atoms with van der Waals surface area (Å²) in [4.78, 5) is 16.7. The van der Waals surface area contributed by atoms with Gasteiger partial charge in [0.05, 0.1) is 6.04 Å². The summed E-state index contributed by atoms with van der Waals surface area (Å²) in [5, 5.41) is 0. The highest BCUT2D eigenvalue weighted by Gasteiger charge is 2.24. The lowest BCUT2D eigenvalue weighted by Gasteiger charge is -2.30. The summed E-state index contributed by atoms with van der Waals surface area (Å²) in [5.74, 6) is 0.756. The minimum Gasteiger partial charge on any atom is -0.340 e. The average Bonchev–Trinajstić information content (AvgIpc) is 2.36. The first-order valence-corrected chi connectivity index (χ1v) is 7.60. The minimum atomic E-state index is -0.379. The number of amides is 1. The summed E-state index contributed by atoms with van der Waals surface area (Å²) >= 11 is 0. The van der Waals surface area contributed by atoms with E-state index in [4.69, 9.17) is 5.73 Å². The van der Waals surface area contributed by atoms with Gasteiger partial charge < -0.3 is 15.5 Å². The van der Waals surface area contributed by atoms with Crippen LogP contribution in [-0.2, 0) is 4.79 Å². The van der Waals surface area contributed by atoms with Crippen molar-refractivity contribution in [2.45, 2.75) is 47.6 Å². The molecular weight excluding hydrogens is 238 g/mol. The Morgan fingerprint density at radius 3 is 1.95 bits per heavy atom. The van der Waals surface area contributed by atoms with E-state index in [1.807, 2.05) is 18.7 Å². The maximum absolute atomic E-state index is 12.4. The summed E-state index contributed by atoms with van der Waals surface area (Å²) in [7, 11) is 0. The fourth-order valence-electron chi connectivity index (χ4n) is 2.03. The Hall–Kier alpha value is -0.610. The molecule has 0 aromatic heterocycles. The molecule has 19 heavy (non-hydrogen) atoms. The quantitative estimate of drug-likeness (QED) is 0.695. The largest absolute Gasteiger partial charge is 0.340 e. The first-order chi connectivity index (χ1) is 8.83. The highest BCUT2D eigenvalue weighted by molar-refractivity contribution is 5.81. The van der Waals surface area contributed by atoms with E-state index >= 15 is 0 Å². The van der Waals surface area contributed by atoms with Crippen molar-refractivity contribution in [2.24, 2.45) is 17.6 Å². The normalized spacial score (nSPS) is 13.4. The van der Waals surface area contributed by atoms with Gasteiger partial charge in [-0.1, -0.05) is 41.5 Å². The van der Waals surface area contributed by atoms with Gasteiger partial charge in [-0.15, -0.1) is 0 Å². The molecule has 4 nitrogen and oxygen atoms in total. The molecule has 0 aliphatic heterocycles. The van der Waals surface area contributed by atoms with Crippen molar-refractivity contribution in [1.82, 2.24) is 9.80 Å². The predicted molar refractivity (Wildman–Crippen MR) is 82.0 cm³/mol. The summed E-state index contributed by atoms with van der Waals surface area (Å²) in [5.41, 5.74) is 6.00. The van der Waals surface area contributed by atoms with Crippen LogP contribution in [0.4, 0.5) is 0 Å². The minimum absolute atomic E-state index is 0.0934. The molecule has 0 spiro atoms. The third kappa shape index (κ3) is 6.92. The smallest absolute Gasteiger partial charge is 0.239 e. The fourth-order valence-corrected chi connectivity index (χ4v) is 2.03. The van der Waals surface area contributed by atoms with Crippen molar-refractivity contribution >= 4 is 5.91 Å². The van der Waals surface area contributed by atoms with Crippen molar-refractivity contribution in [3.8, 4) is 0 Å². The van der Waals surface area contributed by atoms with Crippen LogP contribution >= 0.6 is 0 Å². The van der Waals surface area contributed by atoms with Crippen LogP contribution in [0.1, 0.15) is 41.5 Å². The predicted octanol–water partition coefficient (Wildman–Crippen LogP) is 1.80. The molecule has 0 aromatic carbocycles. The highest BCUT2D eigenvalue weighted by atomic mass is 16.2. The summed E-state index contributed by atoms with van der Waals surface area (Å²) < 4.78 is 0. The third-order valence-electron chi connectivity index (χ3n) is 3.48. The Bertz CT molecular complexity index is 250. The number of hydrogen-bond acceptors (Lipinski definition) is 3. The molecule has 0 bridgehead atoms. The Balaban J connectivity index is 4.58. The topological polar surface area (TPSA) is 49.6 Å². The molecule has 0 saturated carbocycles. The molecule has 0 aliphatic carbocycles. The van der Waals surface area contributed by atoms with Gasteiger partial charge in [0.15, 0.2) is 0 Å². The van der Waals surface area contributed by atoms with Gasteiger partial charge in [0.2, 0.25) is 5.91 Å². The van der Waals surface area contributed by atoms with Gasteiger partial charge in [0, 0.05) is 19.6 Å². The summed E-state index contributed by atoms with van der Waals surface area (Å²) in [6.45, 7) is 17.1. The number of rotatable bonds is 9. The molecule has 0 radical (unpaired) electrons. The van der Waals surface area contributed by atoms with Gasteiger partial charge in [-0.25, -0.2) is 0 Å². The molecule has 1 unspecified atom stereocenters. The van der Waals surface area contributed by atoms with Crippen LogP contribution in [0.3, 0.4) is 0 Å². The van der Waals surface area contributed by atoms with Crippen LogP contribution in [0, 0.1) is 11.8 Å². The van der Waals surface area contributed by atoms with E-state index in [1.54, 1.807) is 0 Å². The van der Waals surface area contributed by atoms with Crippen LogP contribution in [0.2, 0.25) is 0 Å². The van der Waals surface area contributed by atoms with Crippen LogP contribution in [0.5, 0.6) is 0 Å². The number of hydrogen-bond donors (Lipinski definition) is 1. The number of likely N-dealkylation sites (N-methyl/N-ethyl adjacent to an activating group) is 1. The van der Waals surface area contributed by atoms with Gasteiger partial charge >= 0.3 is 0 Å². The lowest BCUT2D eigenvalue weighted by atomic mass is 10.0. The molecule has 0 aromatic rings. The number of nitrogens with two attached hydrogens (primary N) is 1. The molecule has 0 heterocycles. The van der Waals surface area contributed by atoms with Gasteiger partial charge in [-0.3, -0.25) is 4.79 Å². The molecular formula is C15H33N3O. The molecule has 114 valence electrons. The molecule has 1 amide bonds. The van der Waals surface area contributed by atoms with Gasteiger partial charge in [0.1, 0.15) is 0 Å². The second-order valence-corrected chi connectivity index (χ2v) is 5.97. The molecule has 0 fully saturated rings. The van der Waals surface area contributed by atoms with Crippen molar-refractivity contribution in [2.75, 3.05) is 32.7 Å². The Morgan fingerprint density at radius 2 is 1.58 bits per heavy atom. The van der Waals surface area contributed by atoms with Gasteiger partial charge in [-0.05, 0) is 24.9 Å². The molecule has 0 aliphatic rings. The number of carbonyl (C=O) groups excluding carboxylic acids is 1. The Labute approximate surface area is 119 Å². The summed E-state index contributed by atoms with van der Waals surface area (Å²) in [6.07, 6.45) is 0. The van der Waals surface area contributed by atoms with Crippen LogP contribution in [-0.4, -0.2) is 54.5 Å². The van der Waals surface area contributed by atoms with E-state index in [0.717, 1.165) is 32.7 Å². The molecule has 4 heteroatoms. The van der Waals surface area contributed by atoms with Crippen LogP contribution < -0.4 is 5.73 Å². The van der Waals surface area contributed by atoms with E-state index in [1.165, 1.54) is 0 Å². The van der Waals surface area contributed by atoms with Crippen LogP contribution in [0.25, 0.3) is 0 Å². The molecule has 2 N–H and O–H groups in total.